The molecule has 0 spiro atoms. The Kier molecular flexibility index (Phi) is 5.57. The maximum Gasteiger partial charge on any atom is 0.275 e. The van der Waals surface area contributed by atoms with E-state index in [2.05, 4.69) is 28.3 Å². The molecule has 0 aromatic heterocycles. The number of likely N-dealkylation sites (N-methyl/N-ethyl adjacent to an activating group) is 1. The van der Waals surface area contributed by atoms with Crippen molar-refractivity contribution in [3.05, 3.63) is 34.3 Å². The van der Waals surface area contributed by atoms with Gasteiger partial charge in [0.05, 0.1) is 13.1 Å². The van der Waals surface area contributed by atoms with Crippen molar-refractivity contribution < 1.29 is 14.6 Å². The molecular formula is C15H24BrN3O+2. The standard InChI is InChI=1S/C15H22BrN3O/c1-12(13-3-5-14(16)6-4-13)17-15(20)11-19-9-7-18(2)8-10-19/h3-6,12H,7-11H2,1-2H3,(H,17,20)/p+2/t12-/m0/s1. The van der Waals surface area contributed by atoms with Crippen LogP contribution in [0, 0.1) is 0 Å². The maximum absolute atomic E-state index is 12.1. The van der Waals surface area contributed by atoms with E-state index in [0.29, 0.717) is 6.54 Å². The van der Waals surface area contributed by atoms with E-state index in [9.17, 15) is 4.79 Å². The number of benzene rings is 1. The summed E-state index contributed by atoms with van der Waals surface area (Å²) >= 11 is 3.42. The van der Waals surface area contributed by atoms with Gasteiger partial charge in [-0.3, -0.25) is 4.79 Å². The van der Waals surface area contributed by atoms with E-state index in [-0.39, 0.29) is 11.9 Å². The number of nitrogens with one attached hydrogen (secondary N) is 3. The maximum atomic E-state index is 12.1. The van der Waals surface area contributed by atoms with Crippen molar-refractivity contribution in [2.24, 2.45) is 0 Å². The number of rotatable bonds is 4. The SMILES string of the molecule is C[C@H](NC(=O)C[NH+]1CC[NH+](C)CC1)c1ccc(Br)cc1. The molecule has 1 aromatic carbocycles. The van der Waals surface area contributed by atoms with Gasteiger partial charge >= 0.3 is 0 Å². The van der Waals surface area contributed by atoms with Gasteiger partial charge in [-0.2, -0.15) is 0 Å². The van der Waals surface area contributed by atoms with E-state index in [0.717, 1.165) is 36.2 Å². The molecule has 110 valence electrons. The molecule has 1 aliphatic heterocycles. The summed E-state index contributed by atoms with van der Waals surface area (Å²) in [7, 11) is 2.21. The predicted molar refractivity (Wildman–Crippen MR) is 82.9 cm³/mol. The van der Waals surface area contributed by atoms with Crippen molar-refractivity contribution >= 4 is 21.8 Å². The van der Waals surface area contributed by atoms with Crippen LogP contribution in [0.15, 0.2) is 28.7 Å². The van der Waals surface area contributed by atoms with Gasteiger partial charge in [0.15, 0.2) is 6.54 Å². The largest absolute Gasteiger partial charge is 0.345 e. The van der Waals surface area contributed by atoms with E-state index < -0.39 is 0 Å². The normalized spacial score (nSPS) is 24.1. The van der Waals surface area contributed by atoms with Gasteiger partial charge in [-0.1, -0.05) is 28.1 Å². The monoisotopic (exact) mass is 341 g/mol. The number of carbonyl (C=O) groups is 1. The first kappa shape index (κ1) is 15.5. The fourth-order valence-electron chi connectivity index (χ4n) is 2.56. The smallest absolute Gasteiger partial charge is 0.275 e. The molecule has 1 heterocycles. The van der Waals surface area contributed by atoms with Gasteiger partial charge in [-0.15, -0.1) is 0 Å². The van der Waals surface area contributed by atoms with Gasteiger partial charge < -0.3 is 15.1 Å². The van der Waals surface area contributed by atoms with Gasteiger partial charge in [-0.25, -0.2) is 0 Å². The van der Waals surface area contributed by atoms with Crippen LogP contribution in [0.1, 0.15) is 18.5 Å². The molecule has 0 unspecified atom stereocenters. The van der Waals surface area contributed by atoms with Gasteiger partial charge in [0.25, 0.3) is 5.91 Å². The summed E-state index contributed by atoms with van der Waals surface area (Å²) in [5.41, 5.74) is 1.14. The fraction of sp³-hybridized carbons (Fsp3) is 0.533. The molecular weight excluding hydrogens is 318 g/mol. The average Bonchev–Trinajstić information content (AvgIpc) is 2.42. The van der Waals surface area contributed by atoms with E-state index in [4.69, 9.17) is 0 Å². The third kappa shape index (κ3) is 4.58. The van der Waals surface area contributed by atoms with Crippen LogP contribution in [-0.2, 0) is 4.79 Å². The number of halogens is 1. The lowest BCUT2D eigenvalue weighted by atomic mass is 10.1. The zero-order valence-electron chi connectivity index (χ0n) is 12.2. The number of hydrogen-bond donors (Lipinski definition) is 3. The Balaban J connectivity index is 1.80. The van der Waals surface area contributed by atoms with Crippen LogP contribution in [0.4, 0.5) is 0 Å². The van der Waals surface area contributed by atoms with E-state index in [1.54, 1.807) is 4.90 Å². The Hall–Kier alpha value is -0.910. The van der Waals surface area contributed by atoms with Crippen LogP contribution < -0.4 is 15.1 Å². The van der Waals surface area contributed by atoms with Crippen molar-refractivity contribution in [2.45, 2.75) is 13.0 Å². The third-order valence-electron chi connectivity index (χ3n) is 3.97. The molecule has 1 aliphatic rings. The number of piperazine rings is 1. The van der Waals surface area contributed by atoms with Crippen molar-refractivity contribution in [1.82, 2.24) is 5.32 Å². The summed E-state index contributed by atoms with van der Waals surface area (Å²) in [6.45, 7) is 7.12. The van der Waals surface area contributed by atoms with Gasteiger partial charge in [0.1, 0.15) is 26.2 Å². The highest BCUT2D eigenvalue weighted by molar-refractivity contribution is 9.10. The van der Waals surface area contributed by atoms with Crippen LogP contribution >= 0.6 is 15.9 Å². The van der Waals surface area contributed by atoms with Gasteiger partial charge in [0.2, 0.25) is 0 Å². The topological polar surface area (TPSA) is 38.0 Å². The quantitative estimate of drug-likeness (QED) is 0.648. The van der Waals surface area contributed by atoms with Crippen LogP contribution in [0.5, 0.6) is 0 Å². The zero-order chi connectivity index (χ0) is 14.5. The Bertz CT molecular complexity index is 441. The Morgan fingerprint density at radius 1 is 1.25 bits per heavy atom. The van der Waals surface area contributed by atoms with Crippen LogP contribution in [0.3, 0.4) is 0 Å². The Morgan fingerprint density at radius 2 is 1.85 bits per heavy atom. The number of hydrogen-bond acceptors (Lipinski definition) is 1. The number of amides is 1. The van der Waals surface area contributed by atoms with E-state index in [1.165, 1.54) is 4.90 Å². The second kappa shape index (κ2) is 7.20. The predicted octanol–water partition coefficient (Wildman–Crippen LogP) is -0.960. The van der Waals surface area contributed by atoms with E-state index in [1.807, 2.05) is 31.2 Å². The third-order valence-corrected chi connectivity index (χ3v) is 4.50. The molecule has 0 saturated carbocycles. The first-order chi connectivity index (χ1) is 9.54. The minimum atomic E-state index is 0.0630. The van der Waals surface area contributed by atoms with Crippen molar-refractivity contribution in [3.63, 3.8) is 0 Å². The second-order valence-corrected chi connectivity index (χ2v) is 6.64. The molecule has 1 fully saturated rings. The van der Waals surface area contributed by atoms with Gasteiger partial charge in [-0.05, 0) is 24.6 Å². The molecule has 1 amide bonds. The molecule has 1 aromatic rings. The number of quaternary nitrogens is 2. The molecule has 5 heteroatoms. The highest BCUT2D eigenvalue weighted by Crippen LogP contribution is 2.16. The second-order valence-electron chi connectivity index (χ2n) is 5.72. The Labute approximate surface area is 129 Å². The van der Waals surface area contributed by atoms with E-state index >= 15 is 0 Å². The summed E-state index contributed by atoms with van der Waals surface area (Å²) in [5, 5.41) is 3.09. The van der Waals surface area contributed by atoms with Gasteiger partial charge in [0, 0.05) is 4.47 Å². The zero-order valence-corrected chi connectivity index (χ0v) is 13.8. The average molecular weight is 342 g/mol. The fourth-order valence-corrected chi connectivity index (χ4v) is 2.83. The Morgan fingerprint density at radius 3 is 2.45 bits per heavy atom. The molecule has 3 N–H and O–H groups in total. The minimum absolute atomic E-state index is 0.0630. The first-order valence-electron chi connectivity index (χ1n) is 7.24. The van der Waals surface area contributed by atoms with Crippen molar-refractivity contribution in [2.75, 3.05) is 39.8 Å². The highest BCUT2D eigenvalue weighted by Gasteiger charge is 2.22. The molecule has 0 aliphatic carbocycles. The molecule has 20 heavy (non-hydrogen) atoms. The van der Waals surface area contributed by atoms with Crippen molar-refractivity contribution in [1.29, 1.82) is 0 Å². The summed E-state index contributed by atoms with van der Waals surface area (Å²) in [6, 6.07) is 8.16. The lowest BCUT2D eigenvalue weighted by Gasteiger charge is -2.27. The summed E-state index contributed by atoms with van der Waals surface area (Å²) < 4.78 is 1.06. The lowest BCUT2D eigenvalue weighted by Crippen LogP contribution is -3.27. The molecule has 0 radical (unpaired) electrons. The molecule has 1 atom stereocenters. The highest BCUT2D eigenvalue weighted by atomic mass is 79.9. The van der Waals surface area contributed by atoms with Crippen molar-refractivity contribution in [3.8, 4) is 0 Å². The van der Waals surface area contributed by atoms with Crippen LogP contribution in [0.25, 0.3) is 0 Å². The minimum Gasteiger partial charge on any atom is -0.345 e. The molecule has 2 rings (SSSR count). The van der Waals surface area contributed by atoms with Crippen LogP contribution in [0.2, 0.25) is 0 Å². The summed E-state index contributed by atoms with van der Waals surface area (Å²) in [5.74, 6) is 0.148. The lowest BCUT2D eigenvalue weighted by molar-refractivity contribution is -1.000. The first-order valence-corrected chi connectivity index (χ1v) is 8.03. The molecule has 1 saturated heterocycles. The van der Waals surface area contributed by atoms with Crippen LogP contribution in [-0.4, -0.2) is 45.7 Å². The number of carbonyl (C=O) groups excluding carboxylic acids is 1. The molecule has 4 nitrogen and oxygen atoms in total. The molecule has 0 bridgehead atoms. The summed E-state index contributed by atoms with van der Waals surface area (Å²) in [4.78, 5) is 15.1. The summed E-state index contributed by atoms with van der Waals surface area (Å²) in [6.07, 6.45) is 0.